The Morgan fingerprint density at radius 3 is 2.74 bits per heavy atom. The van der Waals surface area contributed by atoms with Crippen molar-refractivity contribution in [3.63, 3.8) is 0 Å². The van der Waals surface area contributed by atoms with Crippen molar-refractivity contribution in [3.05, 3.63) is 52.3 Å². The Labute approximate surface area is 121 Å². The quantitative estimate of drug-likeness (QED) is 0.908. The van der Waals surface area contributed by atoms with E-state index in [2.05, 4.69) is 20.9 Å². The van der Waals surface area contributed by atoms with E-state index >= 15 is 0 Å². The maximum Gasteiger partial charge on any atom is 0.145 e. The Morgan fingerprint density at radius 1 is 1.32 bits per heavy atom. The summed E-state index contributed by atoms with van der Waals surface area (Å²) in [5.74, 6) is 1.45. The number of rotatable bonds is 4. The van der Waals surface area contributed by atoms with Crippen molar-refractivity contribution in [2.75, 3.05) is 0 Å². The Morgan fingerprint density at radius 2 is 2.11 bits per heavy atom. The first kappa shape index (κ1) is 14.0. The summed E-state index contributed by atoms with van der Waals surface area (Å²) in [4.78, 5) is 4.21. The van der Waals surface area contributed by atoms with Crippen molar-refractivity contribution in [2.45, 2.75) is 26.4 Å². The van der Waals surface area contributed by atoms with Crippen molar-refractivity contribution in [1.29, 1.82) is 0 Å². The van der Waals surface area contributed by atoms with E-state index in [0.29, 0.717) is 17.9 Å². The Kier molecular flexibility index (Phi) is 4.56. The van der Waals surface area contributed by atoms with E-state index in [1.165, 1.54) is 0 Å². The second-order valence-electron chi connectivity index (χ2n) is 4.35. The monoisotopic (exact) mass is 321 g/mol. The zero-order chi connectivity index (χ0) is 13.8. The minimum absolute atomic E-state index is 0.512. The average molecular weight is 322 g/mol. The molecule has 1 heterocycles. The largest absolute Gasteiger partial charge is 0.455 e. The van der Waals surface area contributed by atoms with Crippen molar-refractivity contribution in [2.24, 2.45) is 0 Å². The highest BCUT2D eigenvalue weighted by Crippen LogP contribution is 2.28. The third kappa shape index (κ3) is 3.55. The highest BCUT2D eigenvalue weighted by Gasteiger charge is 2.07. The second kappa shape index (κ2) is 6.17. The molecule has 0 fully saturated rings. The maximum atomic E-state index is 9.68. The summed E-state index contributed by atoms with van der Waals surface area (Å²) in [5, 5.41) is 9.68. The maximum absolute atomic E-state index is 9.68. The van der Waals surface area contributed by atoms with E-state index < -0.39 is 6.10 Å². The molecule has 0 aliphatic heterocycles. The number of benzene rings is 1. The smallest absolute Gasteiger partial charge is 0.145 e. The topological polar surface area (TPSA) is 42.4 Å². The fraction of sp³-hybridized carbons (Fsp3) is 0.267. The summed E-state index contributed by atoms with van der Waals surface area (Å²) in [6, 6.07) is 9.49. The Bertz CT molecular complexity index is 555. The molecule has 0 bridgehead atoms. The summed E-state index contributed by atoms with van der Waals surface area (Å²) >= 11 is 3.42. The van der Waals surface area contributed by atoms with E-state index in [1.54, 1.807) is 12.3 Å². The molecule has 2 rings (SSSR count). The lowest BCUT2D eigenvalue weighted by atomic mass is 10.2. The first-order chi connectivity index (χ1) is 9.10. The zero-order valence-electron chi connectivity index (χ0n) is 10.9. The van der Waals surface area contributed by atoms with E-state index in [9.17, 15) is 5.11 Å². The van der Waals surface area contributed by atoms with Gasteiger partial charge in [-0.3, -0.25) is 4.98 Å². The molecule has 0 aliphatic rings. The number of aliphatic hydroxyl groups is 1. The summed E-state index contributed by atoms with van der Waals surface area (Å²) in [5.41, 5.74) is 1.72. The van der Waals surface area contributed by atoms with Gasteiger partial charge in [-0.2, -0.15) is 0 Å². The lowest BCUT2D eigenvalue weighted by molar-refractivity contribution is 0.169. The standard InChI is InChI=1S/C15H16BrNO2/c1-3-14(18)13-7-6-12(9-17-13)19-15-8-11(16)5-4-10(15)2/h4-9,14,18H,3H2,1-2H3. The molecule has 1 unspecified atom stereocenters. The van der Waals surface area contributed by atoms with Gasteiger partial charge in [0.15, 0.2) is 0 Å². The number of halogens is 1. The lowest BCUT2D eigenvalue weighted by Gasteiger charge is -2.10. The van der Waals surface area contributed by atoms with Gasteiger partial charge >= 0.3 is 0 Å². The van der Waals surface area contributed by atoms with Gasteiger partial charge in [0.05, 0.1) is 18.0 Å². The predicted octanol–water partition coefficient (Wildman–Crippen LogP) is 4.39. The number of pyridine rings is 1. The van der Waals surface area contributed by atoms with Crippen molar-refractivity contribution < 1.29 is 9.84 Å². The fourth-order valence-electron chi connectivity index (χ4n) is 1.67. The van der Waals surface area contributed by atoms with Crippen molar-refractivity contribution in [3.8, 4) is 11.5 Å². The molecule has 2 aromatic rings. The summed E-state index contributed by atoms with van der Waals surface area (Å²) in [6.07, 6.45) is 1.77. The lowest BCUT2D eigenvalue weighted by Crippen LogP contribution is -1.98. The first-order valence-electron chi connectivity index (χ1n) is 6.18. The van der Waals surface area contributed by atoms with Crippen LogP contribution in [-0.4, -0.2) is 10.1 Å². The van der Waals surface area contributed by atoms with Gasteiger partial charge in [-0.05, 0) is 43.2 Å². The fourth-order valence-corrected chi connectivity index (χ4v) is 2.01. The van der Waals surface area contributed by atoms with Crippen LogP contribution in [0.4, 0.5) is 0 Å². The molecule has 0 radical (unpaired) electrons. The molecular formula is C15H16BrNO2. The number of ether oxygens (including phenoxy) is 1. The number of nitrogens with zero attached hydrogens (tertiary/aromatic N) is 1. The first-order valence-corrected chi connectivity index (χ1v) is 6.97. The van der Waals surface area contributed by atoms with Gasteiger partial charge in [0.25, 0.3) is 0 Å². The van der Waals surface area contributed by atoms with Crippen molar-refractivity contribution in [1.82, 2.24) is 4.98 Å². The van der Waals surface area contributed by atoms with Crippen molar-refractivity contribution >= 4 is 15.9 Å². The van der Waals surface area contributed by atoms with Crippen LogP contribution in [0.15, 0.2) is 41.0 Å². The molecular weight excluding hydrogens is 306 g/mol. The van der Waals surface area contributed by atoms with Crippen LogP contribution in [-0.2, 0) is 0 Å². The van der Waals surface area contributed by atoms with Gasteiger partial charge in [-0.15, -0.1) is 0 Å². The highest BCUT2D eigenvalue weighted by atomic mass is 79.9. The van der Waals surface area contributed by atoms with Gasteiger partial charge in [0, 0.05) is 4.47 Å². The molecule has 0 saturated heterocycles. The zero-order valence-corrected chi connectivity index (χ0v) is 12.5. The van der Waals surface area contributed by atoms with Gasteiger partial charge in [-0.25, -0.2) is 0 Å². The van der Waals surface area contributed by atoms with E-state index in [0.717, 1.165) is 15.8 Å². The molecule has 1 aromatic heterocycles. The average Bonchev–Trinajstić information content (AvgIpc) is 2.43. The third-order valence-electron chi connectivity index (χ3n) is 2.87. The molecule has 4 heteroatoms. The van der Waals surface area contributed by atoms with Crippen LogP contribution in [0, 0.1) is 6.92 Å². The normalized spacial score (nSPS) is 12.2. The van der Waals surface area contributed by atoms with Crippen LogP contribution in [0.1, 0.15) is 30.7 Å². The molecule has 3 nitrogen and oxygen atoms in total. The summed E-state index contributed by atoms with van der Waals surface area (Å²) in [6.45, 7) is 3.91. The molecule has 1 aromatic carbocycles. The third-order valence-corrected chi connectivity index (χ3v) is 3.36. The van der Waals surface area contributed by atoms with Crippen LogP contribution in [0.2, 0.25) is 0 Å². The Balaban J connectivity index is 2.17. The number of aromatic nitrogens is 1. The summed E-state index contributed by atoms with van der Waals surface area (Å²) < 4.78 is 6.76. The van der Waals surface area contributed by atoms with E-state index in [1.807, 2.05) is 38.1 Å². The number of hydrogen-bond donors (Lipinski definition) is 1. The molecule has 0 saturated carbocycles. The van der Waals surface area contributed by atoms with Crippen LogP contribution >= 0.6 is 15.9 Å². The van der Waals surface area contributed by atoms with Crippen LogP contribution in [0.25, 0.3) is 0 Å². The van der Waals surface area contributed by atoms with Crippen LogP contribution in [0.3, 0.4) is 0 Å². The van der Waals surface area contributed by atoms with Gasteiger partial charge < -0.3 is 9.84 Å². The number of hydrogen-bond acceptors (Lipinski definition) is 3. The minimum atomic E-state index is -0.512. The van der Waals surface area contributed by atoms with Gasteiger partial charge in [-0.1, -0.05) is 28.9 Å². The molecule has 1 N–H and O–H groups in total. The van der Waals surface area contributed by atoms with Crippen LogP contribution < -0.4 is 4.74 Å². The summed E-state index contributed by atoms with van der Waals surface area (Å²) in [7, 11) is 0. The van der Waals surface area contributed by atoms with E-state index in [-0.39, 0.29) is 0 Å². The molecule has 100 valence electrons. The predicted molar refractivity (Wildman–Crippen MR) is 78.4 cm³/mol. The molecule has 0 spiro atoms. The van der Waals surface area contributed by atoms with Crippen LogP contribution in [0.5, 0.6) is 11.5 Å². The molecule has 19 heavy (non-hydrogen) atoms. The highest BCUT2D eigenvalue weighted by molar-refractivity contribution is 9.10. The SMILES string of the molecule is CCC(O)c1ccc(Oc2cc(Br)ccc2C)cn1. The van der Waals surface area contributed by atoms with Gasteiger partial charge in [0.1, 0.15) is 11.5 Å². The number of aliphatic hydroxyl groups excluding tert-OH is 1. The molecule has 1 atom stereocenters. The van der Waals surface area contributed by atoms with Gasteiger partial charge in [0.2, 0.25) is 0 Å². The second-order valence-corrected chi connectivity index (χ2v) is 5.27. The molecule has 0 aliphatic carbocycles. The Hall–Kier alpha value is -1.39. The molecule has 0 amide bonds. The number of aryl methyl sites for hydroxylation is 1. The minimum Gasteiger partial charge on any atom is -0.455 e. The van der Waals surface area contributed by atoms with E-state index in [4.69, 9.17) is 4.74 Å².